The van der Waals surface area contributed by atoms with Crippen molar-refractivity contribution in [2.24, 2.45) is 5.73 Å². The van der Waals surface area contributed by atoms with Gasteiger partial charge < -0.3 is 15.9 Å². The molecule has 38 heavy (non-hydrogen) atoms. The number of hydrogen-bond donors (Lipinski definition) is 3. The van der Waals surface area contributed by atoms with Gasteiger partial charge in [0.05, 0.1) is 11.1 Å². The van der Waals surface area contributed by atoms with Gasteiger partial charge in [0, 0.05) is 34.4 Å². The van der Waals surface area contributed by atoms with Crippen molar-refractivity contribution in [2.45, 2.75) is 25.8 Å². The van der Waals surface area contributed by atoms with E-state index in [9.17, 15) is 29.0 Å². The Morgan fingerprint density at radius 2 is 1.53 bits per heavy atom. The van der Waals surface area contributed by atoms with Crippen molar-refractivity contribution in [3.63, 3.8) is 0 Å². The Bertz CT molecular complexity index is 1590. The molecule has 1 amide bonds. The molecule has 7 nitrogen and oxygen atoms in total. The Morgan fingerprint density at radius 3 is 2.21 bits per heavy atom. The van der Waals surface area contributed by atoms with E-state index in [1.165, 1.54) is 30.3 Å². The number of nitrogens with zero attached hydrogens (tertiary/aromatic N) is 1. The second kappa shape index (κ2) is 9.89. The number of hydrogen-bond acceptors (Lipinski definition) is 5. The fourth-order valence-electron chi connectivity index (χ4n) is 4.93. The van der Waals surface area contributed by atoms with Gasteiger partial charge in [-0.25, -0.2) is 8.96 Å². The van der Waals surface area contributed by atoms with E-state index >= 15 is 0 Å². The molecule has 0 bridgehead atoms. The summed E-state index contributed by atoms with van der Waals surface area (Å²) >= 11 is 0. The molecule has 0 aliphatic heterocycles. The molecule has 4 N–H and O–H groups in total. The maximum absolute atomic E-state index is 13.4. The van der Waals surface area contributed by atoms with Crippen LogP contribution >= 0.6 is 0 Å². The van der Waals surface area contributed by atoms with Crippen LogP contribution in [0.5, 0.6) is 11.5 Å². The van der Waals surface area contributed by atoms with Crippen LogP contribution in [-0.2, 0) is 19.4 Å². The third kappa shape index (κ3) is 4.52. The van der Waals surface area contributed by atoms with Crippen molar-refractivity contribution in [1.29, 1.82) is 0 Å². The van der Waals surface area contributed by atoms with E-state index in [0.29, 0.717) is 24.9 Å². The van der Waals surface area contributed by atoms with Crippen LogP contribution in [0.1, 0.15) is 65.3 Å². The van der Waals surface area contributed by atoms with E-state index in [2.05, 4.69) is 0 Å². The molecule has 190 valence electrons. The lowest BCUT2D eigenvalue weighted by Crippen LogP contribution is -2.33. The number of carbonyl (C=O) groups is 3. The molecule has 0 radical (unpaired) electrons. The van der Waals surface area contributed by atoms with E-state index < -0.39 is 23.2 Å². The number of pyridine rings is 1. The van der Waals surface area contributed by atoms with Crippen molar-refractivity contribution in [2.75, 3.05) is 0 Å². The minimum Gasteiger partial charge on any atom is -0.507 e. The number of fused-ring (bicyclic) bond motifs is 2. The lowest BCUT2D eigenvalue weighted by molar-refractivity contribution is -0.688. The van der Waals surface area contributed by atoms with Gasteiger partial charge in [-0.15, -0.1) is 0 Å². The summed E-state index contributed by atoms with van der Waals surface area (Å²) in [7, 11) is 0. The molecular weight excluding hydrogens is 487 g/mol. The van der Waals surface area contributed by atoms with E-state index in [0.717, 1.165) is 17.2 Å². The summed E-state index contributed by atoms with van der Waals surface area (Å²) in [5, 5.41) is 20.8. The fraction of sp³-hybridized carbons (Fsp3) is 0.133. The first-order chi connectivity index (χ1) is 18.2. The Kier molecular flexibility index (Phi) is 6.46. The fourth-order valence-corrected chi connectivity index (χ4v) is 4.93. The number of phenols is 2. The molecule has 4 aromatic rings. The van der Waals surface area contributed by atoms with Gasteiger partial charge in [-0.05, 0) is 66.8 Å². The number of aryl methyl sites for hydroxylation is 1. The van der Waals surface area contributed by atoms with Crippen LogP contribution in [-0.4, -0.2) is 27.7 Å². The molecule has 1 aliphatic carbocycles. The van der Waals surface area contributed by atoms with E-state index in [4.69, 9.17) is 5.73 Å². The van der Waals surface area contributed by atoms with E-state index in [1.807, 2.05) is 29.1 Å². The Balaban J connectivity index is 1.39. The molecule has 0 saturated heterocycles. The number of benzene rings is 3. The zero-order valence-electron chi connectivity index (χ0n) is 20.3. The second-order valence-corrected chi connectivity index (χ2v) is 9.25. The predicted octanol–water partition coefficient (Wildman–Crippen LogP) is 3.62. The van der Waals surface area contributed by atoms with Gasteiger partial charge in [0.15, 0.2) is 24.7 Å². The maximum Gasteiger partial charge on any atom is 0.249 e. The number of phenolic OH excluding ortho intramolecular Hbond substituents is 2. The van der Waals surface area contributed by atoms with Crippen LogP contribution in [0.3, 0.4) is 0 Å². The number of nitrogens with two attached hydrogens (primary N) is 1. The average Bonchev–Trinajstić information content (AvgIpc) is 2.89. The Hall–Kier alpha value is -4.85. The summed E-state index contributed by atoms with van der Waals surface area (Å²) in [5.74, 6) is -3.22. The number of primary amides is 1. The van der Waals surface area contributed by atoms with Crippen LogP contribution < -0.4 is 10.3 Å². The second-order valence-electron chi connectivity index (χ2n) is 9.25. The molecule has 0 fully saturated rings. The summed E-state index contributed by atoms with van der Waals surface area (Å²) in [5.41, 5.74) is 7.41. The molecule has 0 unspecified atom stereocenters. The highest BCUT2D eigenvalue weighted by molar-refractivity contribution is 6.31. The molecule has 5 rings (SSSR count). The van der Waals surface area contributed by atoms with Crippen LogP contribution in [0.25, 0.3) is 0 Å². The summed E-state index contributed by atoms with van der Waals surface area (Å²) in [6.07, 6.45) is 5.25. The van der Waals surface area contributed by atoms with Crippen LogP contribution in [0.2, 0.25) is 0 Å². The molecule has 1 aromatic heterocycles. The number of halogens is 1. The zero-order chi connectivity index (χ0) is 27.0. The van der Waals surface area contributed by atoms with Gasteiger partial charge in [0.2, 0.25) is 11.7 Å². The van der Waals surface area contributed by atoms with Gasteiger partial charge in [-0.1, -0.05) is 12.1 Å². The van der Waals surface area contributed by atoms with Gasteiger partial charge in [0.1, 0.15) is 17.3 Å². The first-order valence-corrected chi connectivity index (χ1v) is 12.1. The number of amides is 1. The molecule has 8 heteroatoms. The molecule has 3 aromatic carbocycles. The van der Waals surface area contributed by atoms with Crippen molar-refractivity contribution in [1.82, 2.24) is 0 Å². The quantitative estimate of drug-likeness (QED) is 0.288. The van der Waals surface area contributed by atoms with E-state index in [-0.39, 0.29) is 45.8 Å². The van der Waals surface area contributed by atoms with Crippen LogP contribution in [0.15, 0.2) is 73.1 Å². The number of aromatic hydroxyl groups is 2. The lowest BCUT2D eigenvalue weighted by atomic mass is 9.78. The maximum atomic E-state index is 13.4. The molecule has 0 saturated carbocycles. The van der Waals surface area contributed by atoms with Crippen molar-refractivity contribution in [3.05, 3.63) is 123 Å². The first-order valence-electron chi connectivity index (χ1n) is 12.1. The predicted molar refractivity (Wildman–Crippen MR) is 136 cm³/mol. The Labute approximate surface area is 217 Å². The smallest absolute Gasteiger partial charge is 0.249 e. The molecule has 1 aliphatic rings. The van der Waals surface area contributed by atoms with E-state index in [1.54, 1.807) is 12.1 Å². The number of carbonyl (C=O) groups excluding carboxylic acids is 3. The molecular formula is C30H24FN2O5+. The average molecular weight is 512 g/mol. The number of ketones is 2. The van der Waals surface area contributed by atoms with Crippen LogP contribution in [0.4, 0.5) is 4.39 Å². The minimum absolute atomic E-state index is 0.0125. The highest BCUT2D eigenvalue weighted by Crippen LogP contribution is 2.39. The third-order valence-corrected chi connectivity index (χ3v) is 6.78. The minimum atomic E-state index is -0.818. The van der Waals surface area contributed by atoms with Gasteiger partial charge >= 0.3 is 0 Å². The van der Waals surface area contributed by atoms with Gasteiger partial charge in [-0.3, -0.25) is 14.4 Å². The molecule has 1 heterocycles. The van der Waals surface area contributed by atoms with Crippen LogP contribution in [0, 0.1) is 5.82 Å². The van der Waals surface area contributed by atoms with Crippen molar-refractivity contribution in [3.8, 4) is 11.5 Å². The van der Waals surface area contributed by atoms with Gasteiger partial charge in [-0.2, -0.15) is 0 Å². The van der Waals surface area contributed by atoms with Gasteiger partial charge in [0.25, 0.3) is 0 Å². The van der Waals surface area contributed by atoms with Crippen molar-refractivity contribution >= 4 is 17.5 Å². The summed E-state index contributed by atoms with van der Waals surface area (Å²) < 4.78 is 15.1. The third-order valence-electron chi connectivity index (χ3n) is 6.78. The SMILES string of the molecule is NC(=O)c1cc(O)c2c(c1CCCc1cc[n+](Cc3ccc(F)cc3)cc1)C(=O)c1cccc(O)c1C2=O. The highest BCUT2D eigenvalue weighted by Gasteiger charge is 2.37. The Morgan fingerprint density at radius 1 is 0.816 bits per heavy atom. The standard InChI is InChI=1S/C30H23FN2O5/c31-19-9-7-18(8-10-19)16-33-13-11-17(12-14-33)3-1-4-20-22(30(32)38)15-24(35)27-26(20)28(36)21-5-2-6-23(34)25(21)29(27)37/h2,5-15H,1,3-4,16H2,(H3-,32,34,35,37,38)/p+1. The van der Waals surface area contributed by atoms with Crippen molar-refractivity contribution < 1.29 is 33.6 Å². The topological polar surface area (TPSA) is 122 Å². The number of rotatable bonds is 7. The zero-order valence-corrected chi connectivity index (χ0v) is 20.3. The summed E-state index contributed by atoms with van der Waals surface area (Å²) in [4.78, 5) is 38.9. The summed E-state index contributed by atoms with van der Waals surface area (Å²) in [6, 6.07) is 15.5. The molecule has 0 atom stereocenters. The molecule has 0 spiro atoms. The normalized spacial score (nSPS) is 12.2. The monoisotopic (exact) mass is 511 g/mol. The highest BCUT2D eigenvalue weighted by atomic mass is 19.1. The summed E-state index contributed by atoms with van der Waals surface area (Å²) in [6.45, 7) is 0.593. The first kappa shape index (κ1) is 24.8. The number of aromatic nitrogens is 1. The lowest BCUT2D eigenvalue weighted by Gasteiger charge is -2.23. The largest absolute Gasteiger partial charge is 0.507 e.